The van der Waals surface area contributed by atoms with Gasteiger partial charge in [0.2, 0.25) is 0 Å². The maximum atomic E-state index is 11.2. The lowest BCUT2D eigenvalue weighted by Crippen LogP contribution is -2.20. The third-order valence-corrected chi connectivity index (χ3v) is 5.69. The number of hydrogen-bond acceptors (Lipinski definition) is 1. The molecule has 0 amide bonds. The van der Waals surface area contributed by atoms with Crippen LogP contribution in [0.1, 0.15) is 91.8 Å². The van der Waals surface area contributed by atoms with E-state index >= 15 is 0 Å². The third kappa shape index (κ3) is 2.94. The number of aromatic hydroxyl groups is 1. The fraction of sp³-hybridized carbons (Fsp3) is 0.565. The molecule has 0 bridgehead atoms. The van der Waals surface area contributed by atoms with E-state index in [1.165, 1.54) is 27.9 Å². The molecule has 0 atom stereocenters. The van der Waals surface area contributed by atoms with Crippen molar-refractivity contribution in [3.05, 3.63) is 51.1 Å². The van der Waals surface area contributed by atoms with E-state index in [1.54, 1.807) is 0 Å². The Kier molecular flexibility index (Phi) is 4.54. The van der Waals surface area contributed by atoms with Crippen molar-refractivity contribution in [3.63, 3.8) is 0 Å². The van der Waals surface area contributed by atoms with Crippen LogP contribution in [0.4, 0.5) is 0 Å². The van der Waals surface area contributed by atoms with Gasteiger partial charge in [0, 0.05) is 11.5 Å². The molecule has 1 aromatic rings. The Bertz CT molecular complexity index is 707. The van der Waals surface area contributed by atoms with E-state index in [-0.39, 0.29) is 10.8 Å². The molecule has 1 aromatic carbocycles. The van der Waals surface area contributed by atoms with Crippen LogP contribution in [0.15, 0.2) is 34.4 Å². The topological polar surface area (TPSA) is 20.2 Å². The van der Waals surface area contributed by atoms with Crippen molar-refractivity contribution in [2.24, 2.45) is 0 Å². The van der Waals surface area contributed by atoms with E-state index < -0.39 is 0 Å². The Morgan fingerprint density at radius 3 is 1.58 bits per heavy atom. The average molecular weight is 327 g/mol. The van der Waals surface area contributed by atoms with E-state index in [4.69, 9.17) is 0 Å². The first-order valence-electron chi connectivity index (χ1n) is 9.00. The molecule has 1 aliphatic carbocycles. The van der Waals surface area contributed by atoms with Crippen molar-refractivity contribution in [1.82, 2.24) is 0 Å². The van der Waals surface area contributed by atoms with Gasteiger partial charge in [-0.25, -0.2) is 0 Å². The van der Waals surface area contributed by atoms with Gasteiger partial charge >= 0.3 is 0 Å². The van der Waals surface area contributed by atoms with Crippen LogP contribution in [0, 0.1) is 0 Å². The lowest BCUT2D eigenvalue weighted by molar-refractivity contribution is 0.420. The molecule has 0 aromatic heterocycles. The minimum Gasteiger partial charge on any atom is -0.507 e. The second kappa shape index (κ2) is 5.79. The molecule has 0 aliphatic heterocycles. The molecular weight excluding hydrogens is 292 g/mol. The Labute approximate surface area is 148 Å². The van der Waals surface area contributed by atoms with E-state index in [0.717, 1.165) is 11.1 Å². The molecule has 0 saturated carbocycles. The zero-order valence-corrected chi connectivity index (χ0v) is 17.2. The van der Waals surface area contributed by atoms with Crippen LogP contribution in [-0.2, 0) is 10.8 Å². The lowest BCUT2D eigenvalue weighted by atomic mass is 9.73. The van der Waals surface area contributed by atoms with E-state index in [0.29, 0.717) is 11.7 Å². The molecule has 1 nitrogen and oxygen atoms in total. The van der Waals surface area contributed by atoms with E-state index in [1.807, 2.05) is 0 Å². The highest BCUT2D eigenvalue weighted by Gasteiger charge is 2.34. The van der Waals surface area contributed by atoms with Gasteiger partial charge in [0.1, 0.15) is 5.75 Å². The SMILES string of the molecule is CC1=C(C)C(c2ccc(C(C)(C)C)c(O)c2C(C)(C)C)C(C)=C1C. The summed E-state index contributed by atoms with van der Waals surface area (Å²) in [6.45, 7) is 22.0. The van der Waals surface area contributed by atoms with Crippen molar-refractivity contribution in [1.29, 1.82) is 0 Å². The monoisotopic (exact) mass is 326 g/mol. The second-order valence-corrected chi connectivity index (χ2v) is 9.47. The summed E-state index contributed by atoms with van der Waals surface area (Å²) in [5.74, 6) is 0.773. The molecule has 0 saturated heterocycles. The Morgan fingerprint density at radius 2 is 1.21 bits per heavy atom. The van der Waals surface area contributed by atoms with Crippen LogP contribution in [0.5, 0.6) is 5.75 Å². The fourth-order valence-corrected chi connectivity index (χ4v) is 4.06. The molecule has 1 heteroatoms. The van der Waals surface area contributed by atoms with Crippen LogP contribution < -0.4 is 0 Å². The summed E-state index contributed by atoms with van der Waals surface area (Å²) < 4.78 is 0. The van der Waals surface area contributed by atoms with Crippen molar-refractivity contribution in [3.8, 4) is 5.75 Å². The van der Waals surface area contributed by atoms with Gasteiger partial charge in [-0.3, -0.25) is 0 Å². The predicted molar refractivity (Wildman–Crippen MR) is 105 cm³/mol. The predicted octanol–water partition coefficient (Wildman–Crippen LogP) is 6.76. The third-order valence-electron chi connectivity index (χ3n) is 5.69. The minimum absolute atomic E-state index is 0.0696. The van der Waals surface area contributed by atoms with Gasteiger partial charge in [0.25, 0.3) is 0 Å². The standard InChI is InChI=1S/C23H34O/c1-13-14(2)16(4)19(15(13)3)17-11-12-18(22(5,6)7)21(24)20(17)23(8,9)10/h11-12,19,24H,1-10H3. The van der Waals surface area contributed by atoms with E-state index in [2.05, 4.69) is 81.4 Å². The van der Waals surface area contributed by atoms with Gasteiger partial charge in [0.05, 0.1) is 0 Å². The second-order valence-electron chi connectivity index (χ2n) is 9.47. The molecule has 0 radical (unpaired) electrons. The van der Waals surface area contributed by atoms with Crippen molar-refractivity contribution >= 4 is 0 Å². The molecule has 2 rings (SSSR count). The summed E-state index contributed by atoms with van der Waals surface area (Å²) in [4.78, 5) is 0. The average Bonchev–Trinajstić information content (AvgIpc) is 2.60. The summed E-state index contributed by atoms with van der Waals surface area (Å²) in [6, 6.07) is 4.38. The summed E-state index contributed by atoms with van der Waals surface area (Å²) in [5, 5.41) is 11.2. The lowest BCUT2D eigenvalue weighted by Gasteiger charge is -2.32. The summed E-state index contributed by atoms with van der Waals surface area (Å²) in [7, 11) is 0. The molecule has 1 aliphatic rings. The molecule has 0 heterocycles. The fourth-order valence-electron chi connectivity index (χ4n) is 4.06. The Balaban J connectivity index is 2.81. The first-order chi connectivity index (χ1) is 10.8. The molecule has 0 unspecified atom stereocenters. The first kappa shape index (κ1) is 18.8. The van der Waals surface area contributed by atoms with Crippen LogP contribution >= 0.6 is 0 Å². The van der Waals surface area contributed by atoms with Crippen LogP contribution in [0.2, 0.25) is 0 Å². The van der Waals surface area contributed by atoms with E-state index in [9.17, 15) is 5.11 Å². The highest BCUT2D eigenvalue weighted by Crippen LogP contribution is 2.49. The van der Waals surface area contributed by atoms with Gasteiger partial charge in [-0.2, -0.15) is 0 Å². The zero-order chi connectivity index (χ0) is 18.6. The van der Waals surface area contributed by atoms with Gasteiger partial charge in [-0.15, -0.1) is 0 Å². The molecular formula is C23H34O. The number of phenolic OH excluding ortho intramolecular Hbond substituents is 1. The van der Waals surface area contributed by atoms with Gasteiger partial charge in [-0.1, -0.05) is 64.8 Å². The molecule has 0 fully saturated rings. The number of allylic oxidation sites excluding steroid dienone is 4. The quantitative estimate of drug-likeness (QED) is 0.604. The van der Waals surface area contributed by atoms with Crippen LogP contribution in [-0.4, -0.2) is 5.11 Å². The van der Waals surface area contributed by atoms with Crippen molar-refractivity contribution in [2.45, 2.75) is 86.0 Å². The largest absolute Gasteiger partial charge is 0.507 e. The van der Waals surface area contributed by atoms with Crippen LogP contribution in [0.3, 0.4) is 0 Å². The maximum absolute atomic E-state index is 11.2. The van der Waals surface area contributed by atoms with Crippen molar-refractivity contribution in [2.75, 3.05) is 0 Å². The number of benzene rings is 1. The van der Waals surface area contributed by atoms with Gasteiger partial charge < -0.3 is 5.11 Å². The maximum Gasteiger partial charge on any atom is 0.123 e. The van der Waals surface area contributed by atoms with Gasteiger partial charge in [0.15, 0.2) is 0 Å². The van der Waals surface area contributed by atoms with Crippen LogP contribution in [0.25, 0.3) is 0 Å². The highest BCUT2D eigenvalue weighted by atomic mass is 16.3. The number of hydrogen-bond donors (Lipinski definition) is 1. The number of phenols is 1. The molecule has 24 heavy (non-hydrogen) atoms. The zero-order valence-electron chi connectivity index (χ0n) is 17.2. The minimum atomic E-state index is -0.106. The molecule has 0 spiro atoms. The summed E-state index contributed by atoms with van der Waals surface area (Å²) in [5.41, 5.74) is 8.85. The first-order valence-corrected chi connectivity index (χ1v) is 9.00. The molecule has 132 valence electrons. The molecule has 1 N–H and O–H groups in total. The normalized spacial score (nSPS) is 17.2. The van der Waals surface area contributed by atoms with Gasteiger partial charge in [-0.05, 0) is 60.8 Å². The van der Waals surface area contributed by atoms with Crippen molar-refractivity contribution < 1.29 is 5.11 Å². The Hall–Kier alpha value is -1.50. The smallest absolute Gasteiger partial charge is 0.123 e. The highest BCUT2D eigenvalue weighted by molar-refractivity contribution is 5.60. The number of rotatable bonds is 1. The Morgan fingerprint density at radius 1 is 0.750 bits per heavy atom. The summed E-state index contributed by atoms with van der Waals surface area (Å²) >= 11 is 0. The summed E-state index contributed by atoms with van der Waals surface area (Å²) in [6.07, 6.45) is 0.